The summed E-state index contributed by atoms with van der Waals surface area (Å²) in [5, 5.41) is 4.61. The minimum absolute atomic E-state index is 0.707. The van der Waals surface area contributed by atoms with E-state index in [-0.39, 0.29) is 0 Å². The molecule has 2 fully saturated rings. The molecule has 0 saturated carbocycles. The van der Waals surface area contributed by atoms with Gasteiger partial charge in [-0.3, -0.25) is 4.90 Å². The Morgan fingerprint density at radius 3 is 2.67 bits per heavy atom. The average Bonchev–Trinajstić information content (AvgIpc) is 2.33. The fourth-order valence-electron chi connectivity index (χ4n) is 3.22. The van der Waals surface area contributed by atoms with Crippen LogP contribution >= 0.6 is 11.6 Å². The van der Waals surface area contributed by atoms with E-state index >= 15 is 0 Å². The van der Waals surface area contributed by atoms with Gasteiger partial charge in [-0.15, -0.1) is 0 Å². The Bertz CT molecular complexity index is 421. The molecule has 1 aromatic rings. The van der Waals surface area contributed by atoms with Crippen molar-refractivity contribution in [2.75, 3.05) is 13.1 Å². The van der Waals surface area contributed by atoms with Crippen LogP contribution in [-0.4, -0.2) is 30.1 Å². The molecule has 1 N–H and O–H groups in total. The van der Waals surface area contributed by atoms with Crippen molar-refractivity contribution in [1.82, 2.24) is 10.2 Å². The molecule has 2 aliphatic rings. The van der Waals surface area contributed by atoms with Gasteiger partial charge in [-0.25, -0.2) is 0 Å². The zero-order chi connectivity index (χ0) is 12.5. The summed E-state index contributed by atoms with van der Waals surface area (Å²) in [5.41, 5.74) is 2.50. The highest BCUT2D eigenvalue weighted by molar-refractivity contribution is 6.31. The molecule has 3 rings (SSSR count). The van der Waals surface area contributed by atoms with Crippen molar-refractivity contribution >= 4 is 11.6 Å². The van der Waals surface area contributed by atoms with Crippen molar-refractivity contribution < 1.29 is 0 Å². The Balaban J connectivity index is 1.67. The number of halogens is 1. The van der Waals surface area contributed by atoms with E-state index in [9.17, 15) is 0 Å². The van der Waals surface area contributed by atoms with Crippen LogP contribution in [0.5, 0.6) is 0 Å². The van der Waals surface area contributed by atoms with Gasteiger partial charge in [-0.05, 0) is 37.0 Å². The zero-order valence-electron chi connectivity index (χ0n) is 11.0. The highest BCUT2D eigenvalue weighted by Gasteiger charge is 2.29. The minimum atomic E-state index is 0.707. The number of hydrogen-bond donors (Lipinski definition) is 1. The lowest BCUT2D eigenvalue weighted by Gasteiger charge is -2.42. The van der Waals surface area contributed by atoms with E-state index in [1.807, 2.05) is 0 Å². The molecule has 0 aromatic heterocycles. The maximum atomic E-state index is 6.20. The number of benzene rings is 1. The molecular weight excluding hydrogens is 244 g/mol. The summed E-state index contributed by atoms with van der Waals surface area (Å²) in [6.07, 6.45) is 4.07. The third-order valence-electron chi connectivity index (χ3n) is 4.18. The second-order valence-corrected chi connectivity index (χ2v) is 6.18. The largest absolute Gasteiger partial charge is 0.309 e. The normalized spacial score (nSPS) is 28.3. The summed E-state index contributed by atoms with van der Waals surface area (Å²) in [5.74, 6) is 0. The molecule has 0 spiro atoms. The van der Waals surface area contributed by atoms with E-state index in [0.29, 0.717) is 12.1 Å². The van der Waals surface area contributed by atoms with Crippen molar-refractivity contribution in [3.8, 4) is 0 Å². The Labute approximate surface area is 114 Å². The Kier molecular flexibility index (Phi) is 3.60. The van der Waals surface area contributed by atoms with Gasteiger partial charge in [-0.1, -0.05) is 30.2 Å². The van der Waals surface area contributed by atoms with Gasteiger partial charge in [0.2, 0.25) is 0 Å². The lowest BCUT2D eigenvalue weighted by Crippen LogP contribution is -2.58. The Morgan fingerprint density at radius 1 is 1.28 bits per heavy atom. The van der Waals surface area contributed by atoms with Gasteiger partial charge in [0.05, 0.1) is 0 Å². The van der Waals surface area contributed by atoms with Gasteiger partial charge >= 0.3 is 0 Å². The Morgan fingerprint density at radius 2 is 2.00 bits per heavy atom. The predicted molar refractivity (Wildman–Crippen MR) is 76.0 cm³/mol. The molecule has 0 amide bonds. The summed E-state index contributed by atoms with van der Waals surface area (Å²) < 4.78 is 0. The number of likely N-dealkylation sites (tertiary alicyclic amines) is 1. The van der Waals surface area contributed by atoms with Crippen LogP contribution in [0.2, 0.25) is 5.02 Å². The molecule has 0 aliphatic carbocycles. The maximum absolute atomic E-state index is 6.20. The van der Waals surface area contributed by atoms with Crippen LogP contribution in [0.15, 0.2) is 18.2 Å². The summed E-state index contributed by atoms with van der Waals surface area (Å²) in [6, 6.07) is 7.87. The molecule has 2 saturated heterocycles. The molecule has 18 heavy (non-hydrogen) atoms. The first kappa shape index (κ1) is 12.5. The van der Waals surface area contributed by atoms with Crippen LogP contribution in [-0.2, 0) is 6.54 Å². The molecule has 1 aromatic carbocycles. The highest BCUT2D eigenvalue weighted by atomic mass is 35.5. The predicted octanol–water partition coefficient (Wildman–Crippen LogP) is 2.97. The smallest absolute Gasteiger partial charge is 0.0438 e. The standard InChI is InChI=1S/C15H21ClN2/c1-11-5-6-12(7-15(11)16)8-18-9-13-3-2-4-14(10-18)17-13/h5-7,13-14,17H,2-4,8-10H2,1H3. The number of rotatable bonds is 2. The second kappa shape index (κ2) is 5.20. The number of piperidine rings is 1. The molecular formula is C15H21ClN2. The number of nitrogens with one attached hydrogen (secondary N) is 1. The first-order valence-electron chi connectivity index (χ1n) is 6.94. The van der Waals surface area contributed by atoms with Gasteiger partial charge in [0.25, 0.3) is 0 Å². The molecule has 2 atom stereocenters. The highest BCUT2D eigenvalue weighted by Crippen LogP contribution is 2.22. The average molecular weight is 265 g/mol. The van der Waals surface area contributed by atoms with E-state index in [1.54, 1.807) is 0 Å². The summed E-state index contributed by atoms with van der Waals surface area (Å²) in [7, 11) is 0. The van der Waals surface area contributed by atoms with Crippen molar-refractivity contribution in [2.45, 2.75) is 44.8 Å². The third kappa shape index (κ3) is 2.71. The molecule has 3 heteroatoms. The van der Waals surface area contributed by atoms with Gasteiger partial charge in [0, 0.05) is 36.7 Å². The molecule has 2 unspecified atom stereocenters. The third-order valence-corrected chi connectivity index (χ3v) is 4.58. The molecule has 98 valence electrons. The van der Waals surface area contributed by atoms with Gasteiger partial charge < -0.3 is 5.32 Å². The fourth-order valence-corrected chi connectivity index (χ4v) is 3.42. The lowest BCUT2D eigenvalue weighted by molar-refractivity contribution is 0.119. The van der Waals surface area contributed by atoms with Crippen LogP contribution in [0.1, 0.15) is 30.4 Å². The molecule has 2 heterocycles. The van der Waals surface area contributed by atoms with Crippen LogP contribution in [0.4, 0.5) is 0 Å². The molecule has 2 nitrogen and oxygen atoms in total. The van der Waals surface area contributed by atoms with Crippen LogP contribution < -0.4 is 5.32 Å². The fraction of sp³-hybridized carbons (Fsp3) is 0.600. The van der Waals surface area contributed by atoms with Crippen molar-refractivity contribution in [1.29, 1.82) is 0 Å². The number of fused-ring (bicyclic) bond motifs is 2. The Hall–Kier alpha value is -0.570. The van der Waals surface area contributed by atoms with Crippen molar-refractivity contribution in [2.24, 2.45) is 0 Å². The van der Waals surface area contributed by atoms with Crippen LogP contribution in [0.3, 0.4) is 0 Å². The van der Waals surface area contributed by atoms with E-state index < -0.39 is 0 Å². The van der Waals surface area contributed by atoms with Crippen molar-refractivity contribution in [3.63, 3.8) is 0 Å². The van der Waals surface area contributed by atoms with Crippen LogP contribution in [0.25, 0.3) is 0 Å². The summed E-state index contributed by atoms with van der Waals surface area (Å²) in [4.78, 5) is 2.58. The molecule has 2 bridgehead atoms. The zero-order valence-corrected chi connectivity index (χ0v) is 11.7. The number of nitrogens with zero attached hydrogens (tertiary/aromatic N) is 1. The maximum Gasteiger partial charge on any atom is 0.0438 e. The minimum Gasteiger partial charge on any atom is -0.309 e. The van der Waals surface area contributed by atoms with Gasteiger partial charge in [0.1, 0.15) is 0 Å². The summed E-state index contributed by atoms with van der Waals surface area (Å²) in [6.45, 7) is 5.46. The van der Waals surface area contributed by atoms with E-state index in [4.69, 9.17) is 11.6 Å². The van der Waals surface area contributed by atoms with Crippen molar-refractivity contribution in [3.05, 3.63) is 34.3 Å². The lowest BCUT2D eigenvalue weighted by atomic mass is 9.94. The van der Waals surface area contributed by atoms with E-state index in [2.05, 4.69) is 35.3 Å². The van der Waals surface area contributed by atoms with Gasteiger partial charge in [0.15, 0.2) is 0 Å². The first-order valence-corrected chi connectivity index (χ1v) is 7.32. The van der Waals surface area contributed by atoms with E-state index in [0.717, 1.165) is 17.1 Å². The molecule has 2 aliphatic heterocycles. The first-order chi connectivity index (χ1) is 8.70. The van der Waals surface area contributed by atoms with E-state index in [1.165, 1.54) is 37.9 Å². The number of aryl methyl sites for hydroxylation is 1. The number of piperazine rings is 1. The van der Waals surface area contributed by atoms with Crippen LogP contribution in [0, 0.1) is 6.92 Å². The monoisotopic (exact) mass is 264 g/mol. The SMILES string of the molecule is Cc1ccc(CN2CC3CCCC(C2)N3)cc1Cl. The summed E-state index contributed by atoms with van der Waals surface area (Å²) >= 11 is 6.20. The second-order valence-electron chi connectivity index (χ2n) is 5.77. The number of hydrogen-bond acceptors (Lipinski definition) is 2. The quantitative estimate of drug-likeness (QED) is 0.884. The topological polar surface area (TPSA) is 15.3 Å². The van der Waals surface area contributed by atoms with Gasteiger partial charge in [-0.2, -0.15) is 0 Å². The molecule has 0 radical (unpaired) electrons.